The van der Waals surface area contributed by atoms with Gasteiger partial charge >= 0.3 is 0 Å². The normalized spacial score (nSPS) is 20.2. The van der Waals surface area contributed by atoms with Gasteiger partial charge < -0.3 is 10.2 Å². The van der Waals surface area contributed by atoms with E-state index in [-0.39, 0.29) is 5.54 Å². The molecule has 2 heterocycles. The Morgan fingerprint density at radius 3 is 2.80 bits per heavy atom. The van der Waals surface area contributed by atoms with Crippen molar-refractivity contribution in [2.75, 3.05) is 24.5 Å². The van der Waals surface area contributed by atoms with E-state index in [1.54, 1.807) is 12.3 Å². The van der Waals surface area contributed by atoms with Gasteiger partial charge in [-0.25, -0.2) is 4.98 Å². The molecule has 1 N–H and O–H groups in total. The van der Waals surface area contributed by atoms with Gasteiger partial charge in [-0.3, -0.25) is 0 Å². The van der Waals surface area contributed by atoms with E-state index in [2.05, 4.69) is 36.0 Å². The van der Waals surface area contributed by atoms with Crippen LogP contribution in [0.4, 0.5) is 5.82 Å². The number of nitrogens with zero attached hydrogens (tertiary/aromatic N) is 2. The van der Waals surface area contributed by atoms with E-state index >= 15 is 0 Å². The maximum Gasteiger partial charge on any atom is 0.147 e. The molecule has 0 bridgehead atoms. The van der Waals surface area contributed by atoms with Crippen LogP contribution in [0.3, 0.4) is 0 Å². The van der Waals surface area contributed by atoms with Crippen LogP contribution in [0.25, 0.3) is 0 Å². The third-order valence-corrected chi connectivity index (χ3v) is 4.01. The third-order valence-electron chi connectivity index (χ3n) is 3.53. The van der Waals surface area contributed by atoms with Crippen LogP contribution in [0.5, 0.6) is 0 Å². The Hall–Kier alpha value is -0.510. The number of anilines is 1. The fraction of sp³-hybridized carbons (Fsp3) is 0.667. The maximum absolute atomic E-state index is 6.26. The summed E-state index contributed by atoms with van der Waals surface area (Å²) >= 11 is 12.2. The van der Waals surface area contributed by atoms with Crippen LogP contribution < -0.4 is 10.2 Å². The molecule has 1 atom stereocenters. The van der Waals surface area contributed by atoms with Gasteiger partial charge in [0.05, 0.1) is 10.0 Å². The number of halogens is 2. The highest BCUT2D eigenvalue weighted by molar-refractivity contribution is 6.36. The Morgan fingerprint density at radius 2 is 2.15 bits per heavy atom. The molecule has 112 valence electrons. The SMILES string of the molecule is CC(C)(C)NCC1CCCN(c2ncc(Cl)cc2Cl)C1. The van der Waals surface area contributed by atoms with Gasteiger partial charge in [-0.1, -0.05) is 23.2 Å². The molecule has 3 nitrogen and oxygen atoms in total. The summed E-state index contributed by atoms with van der Waals surface area (Å²) in [6, 6.07) is 1.77. The van der Waals surface area contributed by atoms with Crippen molar-refractivity contribution in [3.05, 3.63) is 22.3 Å². The molecule has 1 unspecified atom stereocenters. The number of piperidine rings is 1. The van der Waals surface area contributed by atoms with E-state index in [1.807, 2.05) is 0 Å². The van der Waals surface area contributed by atoms with Crippen LogP contribution in [0.1, 0.15) is 33.6 Å². The summed E-state index contributed by atoms with van der Waals surface area (Å²) < 4.78 is 0. The quantitative estimate of drug-likeness (QED) is 0.914. The molecule has 0 spiro atoms. The predicted molar refractivity (Wildman–Crippen MR) is 86.9 cm³/mol. The van der Waals surface area contributed by atoms with Crippen LogP contribution in [-0.4, -0.2) is 30.2 Å². The highest BCUT2D eigenvalue weighted by Crippen LogP contribution is 2.29. The maximum atomic E-state index is 6.26. The van der Waals surface area contributed by atoms with Gasteiger partial charge in [0.15, 0.2) is 0 Å². The van der Waals surface area contributed by atoms with Gasteiger partial charge in [0.25, 0.3) is 0 Å². The lowest BCUT2D eigenvalue weighted by molar-refractivity contribution is 0.335. The van der Waals surface area contributed by atoms with E-state index in [0.717, 1.165) is 25.5 Å². The van der Waals surface area contributed by atoms with Gasteiger partial charge in [0.2, 0.25) is 0 Å². The summed E-state index contributed by atoms with van der Waals surface area (Å²) in [6.07, 6.45) is 4.10. The zero-order chi connectivity index (χ0) is 14.8. The van der Waals surface area contributed by atoms with Crippen molar-refractivity contribution in [1.82, 2.24) is 10.3 Å². The lowest BCUT2D eigenvalue weighted by Crippen LogP contribution is -2.45. The van der Waals surface area contributed by atoms with Crippen molar-refractivity contribution in [1.29, 1.82) is 0 Å². The summed E-state index contributed by atoms with van der Waals surface area (Å²) in [5.41, 5.74) is 0.165. The Kier molecular flexibility index (Phi) is 5.16. The molecule has 2 rings (SSSR count). The predicted octanol–water partition coefficient (Wildman–Crippen LogP) is 3.99. The molecule has 1 aliphatic heterocycles. The first-order valence-electron chi connectivity index (χ1n) is 7.16. The summed E-state index contributed by atoms with van der Waals surface area (Å²) in [6.45, 7) is 9.64. The summed E-state index contributed by atoms with van der Waals surface area (Å²) in [7, 11) is 0. The van der Waals surface area contributed by atoms with Crippen LogP contribution in [0.2, 0.25) is 10.0 Å². The first-order chi connectivity index (χ1) is 9.35. The minimum absolute atomic E-state index is 0.165. The van der Waals surface area contributed by atoms with E-state index < -0.39 is 0 Å². The Labute approximate surface area is 131 Å². The molecule has 0 amide bonds. The second-order valence-corrected chi connectivity index (χ2v) is 7.39. The van der Waals surface area contributed by atoms with Crippen LogP contribution >= 0.6 is 23.2 Å². The molecule has 1 saturated heterocycles. The smallest absolute Gasteiger partial charge is 0.147 e. The molecule has 20 heavy (non-hydrogen) atoms. The van der Waals surface area contributed by atoms with Crippen LogP contribution in [0.15, 0.2) is 12.3 Å². The standard InChI is InChI=1S/C15H23Cl2N3/c1-15(2,3)19-8-11-5-4-6-20(10-11)14-13(17)7-12(16)9-18-14/h7,9,11,19H,4-6,8,10H2,1-3H3. The molecular formula is C15H23Cl2N3. The Morgan fingerprint density at radius 1 is 1.40 bits per heavy atom. The fourth-order valence-corrected chi connectivity index (χ4v) is 3.01. The van der Waals surface area contributed by atoms with Gasteiger partial charge in [0.1, 0.15) is 5.82 Å². The first kappa shape index (κ1) is 15.9. The summed E-state index contributed by atoms with van der Waals surface area (Å²) in [5, 5.41) is 4.81. The summed E-state index contributed by atoms with van der Waals surface area (Å²) in [4.78, 5) is 6.66. The molecule has 1 aromatic rings. The van der Waals surface area contributed by atoms with Crippen LogP contribution in [-0.2, 0) is 0 Å². The Balaban J connectivity index is 1.99. The van der Waals surface area contributed by atoms with E-state index in [4.69, 9.17) is 23.2 Å². The van der Waals surface area contributed by atoms with E-state index in [1.165, 1.54) is 12.8 Å². The van der Waals surface area contributed by atoms with Crippen molar-refractivity contribution >= 4 is 29.0 Å². The van der Waals surface area contributed by atoms with Crippen molar-refractivity contribution in [3.8, 4) is 0 Å². The molecule has 0 saturated carbocycles. The van der Waals surface area contributed by atoms with Gasteiger partial charge in [-0.05, 0) is 45.6 Å². The molecule has 1 aliphatic rings. The average molecular weight is 316 g/mol. The van der Waals surface area contributed by atoms with Crippen molar-refractivity contribution in [2.24, 2.45) is 5.92 Å². The first-order valence-corrected chi connectivity index (χ1v) is 7.92. The minimum atomic E-state index is 0.165. The highest BCUT2D eigenvalue weighted by atomic mass is 35.5. The minimum Gasteiger partial charge on any atom is -0.355 e. The second-order valence-electron chi connectivity index (χ2n) is 6.54. The molecule has 1 fully saturated rings. The number of pyridine rings is 1. The molecule has 0 radical (unpaired) electrons. The van der Waals surface area contributed by atoms with E-state index in [9.17, 15) is 0 Å². The number of hydrogen-bond acceptors (Lipinski definition) is 3. The van der Waals surface area contributed by atoms with Gasteiger partial charge in [-0.2, -0.15) is 0 Å². The second kappa shape index (κ2) is 6.50. The molecule has 5 heteroatoms. The van der Waals surface area contributed by atoms with Gasteiger partial charge in [-0.15, -0.1) is 0 Å². The number of nitrogens with one attached hydrogen (secondary N) is 1. The number of rotatable bonds is 3. The van der Waals surface area contributed by atoms with Crippen molar-refractivity contribution < 1.29 is 0 Å². The zero-order valence-electron chi connectivity index (χ0n) is 12.4. The van der Waals surface area contributed by atoms with Gasteiger partial charge in [0, 0.05) is 31.4 Å². The molecule has 1 aromatic heterocycles. The lowest BCUT2D eigenvalue weighted by Gasteiger charge is -2.35. The third kappa shape index (κ3) is 4.51. The number of hydrogen-bond donors (Lipinski definition) is 1. The lowest BCUT2D eigenvalue weighted by atomic mass is 9.96. The molecule has 0 aliphatic carbocycles. The molecular weight excluding hydrogens is 293 g/mol. The highest BCUT2D eigenvalue weighted by Gasteiger charge is 2.23. The fourth-order valence-electron chi connectivity index (χ4n) is 2.51. The number of aromatic nitrogens is 1. The monoisotopic (exact) mass is 315 g/mol. The van der Waals surface area contributed by atoms with Crippen molar-refractivity contribution in [3.63, 3.8) is 0 Å². The average Bonchev–Trinajstić information content (AvgIpc) is 2.36. The molecule has 0 aromatic carbocycles. The van der Waals surface area contributed by atoms with E-state index in [0.29, 0.717) is 16.0 Å². The largest absolute Gasteiger partial charge is 0.355 e. The van der Waals surface area contributed by atoms with Crippen LogP contribution in [0, 0.1) is 5.92 Å². The summed E-state index contributed by atoms with van der Waals surface area (Å²) in [5.74, 6) is 1.49. The zero-order valence-corrected chi connectivity index (χ0v) is 13.9. The topological polar surface area (TPSA) is 28.2 Å². The Bertz CT molecular complexity index is 457. The van der Waals surface area contributed by atoms with Crippen molar-refractivity contribution in [2.45, 2.75) is 39.2 Å².